The van der Waals surface area contributed by atoms with E-state index < -0.39 is 0 Å². The van der Waals surface area contributed by atoms with E-state index in [-0.39, 0.29) is 5.84 Å². The van der Waals surface area contributed by atoms with Crippen LogP contribution in [0.4, 0.5) is 0 Å². The third-order valence-corrected chi connectivity index (χ3v) is 3.20. The Morgan fingerprint density at radius 2 is 1.81 bits per heavy atom. The lowest BCUT2D eigenvalue weighted by atomic mass is 10.1. The highest BCUT2D eigenvalue weighted by Gasteiger charge is 2.06. The summed E-state index contributed by atoms with van der Waals surface area (Å²) < 4.78 is 10.2. The summed E-state index contributed by atoms with van der Waals surface area (Å²) >= 11 is 0. The van der Waals surface area contributed by atoms with Crippen LogP contribution >= 0.6 is 0 Å². The molecule has 0 aliphatic carbocycles. The Labute approximate surface area is 126 Å². The molecule has 21 heavy (non-hydrogen) atoms. The fraction of sp³-hybridized carbons (Fsp3) is 0.533. The van der Waals surface area contributed by atoms with Gasteiger partial charge in [0, 0.05) is 46.0 Å². The van der Waals surface area contributed by atoms with Gasteiger partial charge in [-0.1, -0.05) is 29.4 Å². The first-order chi connectivity index (χ1) is 10.2. The van der Waals surface area contributed by atoms with Crippen LogP contribution in [0.5, 0.6) is 0 Å². The maximum absolute atomic E-state index is 8.65. The lowest BCUT2D eigenvalue weighted by Crippen LogP contribution is -2.28. The highest BCUT2D eigenvalue weighted by atomic mass is 16.5. The molecule has 0 saturated heterocycles. The van der Waals surface area contributed by atoms with Crippen LogP contribution < -0.4 is 5.73 Å². The summed E-state index contributed by atoms with van der Waals surface area (Å²) in [4.78, 5) is 2.32. The number of hydrogen-bond acceptors (Lipinski definition) is 5. The standard InChI is InChI=1S/C15H25N3O3/c1-20-10-3-8-18(9-11-21-2)12-13-4-6-14(7-5-13)15(16)17-19/h4-7,19H,3,8-12H2,1-2H3,(H2,16,17). The van der Waals surface area contributed by atoms with Crippen molar-refractivity contribution in [3.8, 4) is 0 Å². The van der Waals surface area contributed by atoms with Crippen molar-refractivity contribution in [1.82, 2.24) is 4.90 Å². The highest BCUT2D eigenvalue weighted by molar-refractivity contribution is 5.96. The average Bonchev–Trinajstić information content (AvgIpc) is 2.52. The van der Waals surface area contributed by atoms with Crippen LogP contribution in [0, 0.1) is 0 Å². The summed E-state index contributed by atoms with van der Waals surface area (Å²) in [5, 5.41) is 11.6. The van der Waals surface area contributed by atoms with Gasteiger partial charge in [-0.3, -0.25) is 4.90 Å². The van der Waals surface area contributed by atoms with Gasteiger partial charge in [0.1, 0.15) is 0 Å². The van der Waals surface area contributed by atoms with Crippen LogP contribution in [0.25, 0.3) is 0 Å². The summed E-state index contributed by atoms with van der Waals surface area (Å²) in [5.41, 5.74) is 7.44. The minimum atomic E-state index is 0.123. The lowest BCUT2D eigenvalue weighted by molar-refractivity contribution is 0.129. The lowest BCUT2D eigenvalue weighted by Gasteiger charge is -2.22. The molecule has 0 aliphatic heterocycles. The van der Waals surface area contributed by atoms with E-state index in [1.807, 2.05) is 24.3 Å². The molecule has 0 amide bonds. The zero-order chi connectivity index (χ0) is 15.5. The van der Waals surface area contributed by atoms with Crippen molar-refractivity contribution in [2.24, 2.45) is 10.9 Å². The number of nitrogens with two attached hydrogens (primary N) is 1. The van der Waals surface area contributed by atoms with Crippen molar-refractivity contribution in [2.75, 3.05) is 40.5 Å². The first-order valence-electron chi connectivity index (χ1n) is 6.98. The monoisotopic (exact) mass is 295 g/mol. The van der Waals surface area contributed by atoms with Crippen LogP contribution in [0.3, 0.4) is 0 Å². The second-order valence-corrected chi connectivity index (χ2v) is 4.80. The minimum Gasteiger partial charge on any atom is -0.409 e. The van der Waals surface area contributed by atoms with E-state index >= 15 is 0 Å². The number of amidine groups is 1. The molecule has 1 aromatic carbocycles. The van der Waals surface area contributed by atoms with Gasteiger partial charge in [0.2, 0.25) is 0 Å². The van der Waals surface area contributed by atoms with Crippen molar-refractivity contribution in [1.29, 1.82) is 0 Å². The van der Waals surface area contributed by atoms with E-state index in [4.69, 9.17) is 20.4 Å². The van der Waals surface area contributed by atoms with Gasteiger partial charge in [-0.25, -0.2) is 0 Å². The topological polar surface area (TPSA) is 80.3 Å². The number of oxime groups is 1. The predicted octanol–water partition coefficient (Wildman–Crippen LogP) is 1.27. The molecule has 0 saturated carbocycles. The number of methoxy groups -OCH3 is 2. The van der Waals surface area contributed by atoms with Gasteiger partial charge in [-0.05, 0) is 12.0 Å². The highest BCUT2D eigenvalue weighted by Crippen LogP contribution is 2.08. The smallest absolute Gasteiger partial charge is 0.170 e. The molecule has 0 unspecified atom stereocenters. The Bertz CT molecular complexity index is 421. The fourth-order valence-electron chi connectivity index (χ4n) is 2.02. The molecule has 1 rings (SSSR count). The number of benzene rings is 1. The van der Waals surface area contributed by atoms with Crippen LogP contribution in [0.1, 0.15) is 17.5 Å². The van der Waals surface area contributed by atoms with Crippen molar-refractivity contribution >= 4 is 5.84 Å². The maximum atomic E-state index is 8.65. The first kappa shape index (κ1) is 17.4. The molecule has 6 nitrogen and oxygen atoms in total. The van der Waals surface area contributed by atoms with E-state index in [9.17, 15) is 0 Å². The second kappa shape index (κ2) is 10.1. The van der Waals surface area contributed by atoms with Crippen LogP contribution in [-0.4, -0.2) is 56.5 Å². The van der Waals surface area contributed by atoms with E-state index in [0.29, 0.717) is 12.2 Å². The van der Waals surface area contributed by atoms with Gasteiger partial charge < -0.3 is 20.4 Å². The summed E-state index contributed by atoms with van der Waals surface area (Å²) in [6.07, 6.45) is 0.989. The number of rotatable bonds is 10. The molecule has 0 aliphatic rings. The van der Waals surface area contributed by atoms with Crippen LogP contribution in [-0.2, 0) is 16.0 Å². The third kappa shape index (κ3) is 6.57. The molecule has 0 radical (unpaired) electrons. The van der Waals surface area contributed by atoms with E-state index in [1.165, 1.54) is 5.56 Å². The van der Waals surface area contributed by atoms with E-state index in [1.54, 1.807) is 14.2 Å². The second-order valence-electron chi connectivity index (χ2n) is 4.80. The molecule has 0 fully saturated rings. The van der Waals surface area contributed by atoms with E-state index in [2.05, 4.69) is 10.1 Å². The molecule has 6 heteroatoms. The van der Waals surface area contributed by atoms with Gasteiger partial charge in [0.05, 0.1) is 6.61 Å². The van der Waals surface area contributed by atoms with Crippen molar-refractivity contribution in [3.63, 3.8) is 0 Å². The Kier molecular flexibility index (Phi) is 8.42. The average molecular weight is 295 g/mol. The number of hydrogen-bond donors (Lipinski definition) is 2. The molecule has 0 bridgehead atoms. The number of ether oxygens (including phenoxy) is 2. The Balaban J connectivity index is 2.59. The minimum absolute atomic E-state index is 0.123. The van der Waals surface area contributed by atoms with Gasteiger partial charge in [-0.15, -0.1) is 0 Å². The molecule has 0 atom stereocenters. The zero-order valence-corrected chi connectivity index (χ0v) is 12.8. The molecule has 0 aromatic heterocycles. The quantitative estimate of drug-likeness (QED) is 0.223. The molecule has 3 N–H and O–H groups in total. The van der Waals surface area contributed by atoms with E-state index in [0.717, 1.165) is 32.7 Å². The maximum Gasteiger partial charge on any atom is 0.170 e. The van der Waals surface area contributed by atoms with Gasteiger partial charge in [0.25, 0.3) is 0 Å². The van der Waals surface area contributed by atoms with Gasteiger partial charge in [0.15, 0.2) is 5.84 Å². The van der Waals surface area contributed by atoms with Gasteiger partial charge >= 0.3 is 0 Å². The third-order valence-electron chi connectivity index (χ3n) is 3.20. The van der Waals surface area contributed by atoms with Crippen molar-refractivity contribution < 1.29 is 14.7 Å². The summed E-state index contributed by atoms with van der Waals surface area (Å²) in [6, 6.07) is 7.69. The molecule has 1 aromatic rings. The molecule has 118 valence electrons. The molecule has 0 spiro atoms. The Hall–Kier alpha value is -1.63. The fourth-order valence-corrected chi connectivity index (χ4v) is 2.02. The summed E-state index contributed by atoms with van der Waals surface area (Å²) in [5.74, 6) is 0.123. The van der Waals surface area contributed by atoms with Crippen LogP contribution in [0.15, 0.2) is 29.4 Å². The predicted molar refractivity (Wildman–Crippen MR) is 82.6 cm³/mol. The molecular weight excluding hydrogens is 270 g/mol. The zero-order valence-electron chi connectivity index (χ0n) is 12.8. The Morgan fingerprint density at radius 3 is 2.38 bits per heavy atom. The summed E-state index contributed by atoms with van der Waals surface area (Å²) in [7, 11) is 3.42. The van der Waals surface area contributed by atoms with Crippen molar-refractivity contribution in [3.05, 3.63) is 35.4 Å². The normalized spacial score (nSPS) is 12.0. The van der Waals surface area contributed by atoms with Gasteiger partial charge in [-0.2, -0.15) is 0 Å². The largest absolute Gasteiger partial charge is 0.409 e. The van der Waals surface area contributed by atoms with Crippen LogP contribution in [0.2, 0.25) is 0 Å². The summed E-state index contributed by atoms with van der Waals surface area (Å²) in [6.45, 7) is 4.13. The first-order valence-corrected chi connectivity index (χ1v) is 6.98. The Morgan fingerprint density at radius 1 is 1.14 bits per heavy atom. The molecule has 0 heterocycles. The molecular formula is C15H25N3O3. The number of nitrogens with zero attached hydrogens (tertiary/aromatic N) is 2. The van der Waals surface area contributed by atoms with Crippen molar-refractivity contribution in [2.45, 2.75) is 13.0 Å². The SMILES string of the molecule is COCCCN(CCOC)Cc1ccc(C(N)=NO)cc1.